The number of carbonyl (C=O) groups excluding carboxylic acids is 2. The summed E-state index contributed by atoms with van der Waals surface area (Å²) in [5.41, 5.74) is 3.38. The Hall–Kier alpha value is -2.88. The number of amides is 1. The van der Waals surface area contributed by atoms with Crippen molar-refractivity contribution in [1.82, 2.24) is 0 Å². The maximum absolute atomic E-state index is 12.0. The molecule has 0 aromatic heterocycles. The van der Waals surface area contributed by atoms with Crippen molar-refractivity contribution in [2.45, 2.75) is 26.2 Å². The molecule has 4 heteroatoms. The highest BCUT2D eigenvalue weighted by molar-refractivity contribution is 6.02. The van der Waals surface area contributed by atoms with Gasteiger partial charge >= 0.3 is 5.97 Å². The molecular formula is C21H23NO3. The molecule has 0 fully saturated rings. The molecule has 4 nitrogen and oxygen atoms in total. The van der Waals surface area contributed by atoms with Gasteiger partial charge in [0.25, 0.3) is 0 Å². The number of ether oxygens (including phenoxy) is 1. The Labute approximate surface area is 148 Å². The van der Waals surface area contributed by atoms with Crippen LogP contribution in [0.5, 0.6) is 0 Å². The van der Waals surface area contributed by atoms with Gasteiger partial charge in [-0.25, -0.2) is 4.79 Å². The van der Waals surface area contributed by atoms with E-state index < -0.39 is 5.97 Å². The van der Waals surface area contributed by atoms with E-state index in [2.05, 4.69) is 43.0 Å². The van der Waals surface area contributed by atoms with Crippen LogP contribution in [0.15, 0.2) is 54.6 Å². The molecule has 0 aliphatic carbocycles. The number of hydrogen-bond donors (Lipinski definition) is 1. The number of esters is 1. The molecule has 0 atom stereocenters. The highest BCUT2D eigenvalue weighted by Gasteiger charge is 2.12. The molecule has 1 N–H and O–H groups in total. The summed E-state index contributed by atoms with van der Waals surface area (Å²) in [6.07, 6.45) is 3.25. The summed E-state index contributed by atoms with van der Waals surface area (Å²) in [7, 11) is 1.33. The van der Waals surface area contributed by atoms with Gasteiger partial charge in [0, 0.05) is 11.8 Å². The Morgan fingerprint density at radius 1 is 0.960 bits per heavy atom. The van der Waals surface area contributed by atoms with Gasteiger partial charge in [-0.05, 0) is 46.9 Å². The number of anilines is 1. The van der Waals surface area contributed by atoms with E-state index >= 15 is 0 Å². The first-order valence-corrected chi connectivity index (χ1v) is 8.07. The molecule has 0 saturated carbocycles. The maximum atomic E-state index is 12.0. The van der Waals surface area contributed by atoms with Crippen molar-refractivity contribution in [2.24, 2.45) is 0 Å². The van der Waals surface area contributed by atoms with Crippen LogP contribution >= 0.6 is 0 Å². The molecule has 0 aliphatic heterocycles. The molecular weight excluding hydrogens is 314 g/mol. The first kappa shape index (κ1) is 18.5. The highest BCUT2D eigenvalue weighted by Crippen LogP contribution is 2.22. The van der Waals surface area contributed by atoms with E-state index in [0.717, 1.165) is 5.56 Å². The van der Waals surface area contributed by atoms with Crippen molar-refractivity contribution in [3.05, 3.63) is 71.3 Å². The van der Waals surface area contributed by atoms with E-state index in [1.807, 2.05) is 12.1 Å². The smallest absolute Gasteiger partial charge is 0.337 e. The fourth-order valence-corrected chi connectivity index (χ4v) is 2.26. The minimum atomic E-state index is -0.406. The molecule has 0 saturated heterocycles. The average Bonchev–Trinajstić information content (AvgIpc) is 2.59. The van der Waals surface area contributed by atoms with E-state index in [-0.39, 0.29) is 11.3 Å². The number of carbonyl (C=O) groups is 2. The van der Waals surface area contributed by atoms with Crippen molar-refractivity contribution in [3.8, 4) is 0 Å². The standard InChI is InChI=1S/C21H23NO3/c1-21(2,3)17-10-5-15(6-11-17)7-14-19(23)22-18-12-8-16(9-13-18)20(24)25-4/h5-14H,1-4H3,(H,22,23). The van der Waals surface area contributed by atoms with Gasteiger partial charge in [-0.1, -0.05) is 45.0 Å². The Morgan fingerprint density at radius 3 is 2.08 bits per heavy atom. The molecule has 25 heavy (non-hydrogen) atoms. The van der Waals surface area contributed by atoms with Crippen LogP contribution in [-0.2, 0) is 14.9 Å². The lowest BCUT2D eigenvalue weighted by atomic mass is 9.87. The predicted molar refractivity (Wildman–Crippen MR) is 101 cm³/mol. The summed E-state index contributed by atoms with van der Waals surface area (Å²) in [6, 6.07) is 14.7. The van der Waals surface area contributed by atoms with Crippen LogP contribution in [0, 0.1) is 0 Å². The van der Waals surface area contributed by atoms with Gasteiger partial charge in [0.1, 0.15) is 0 Å². The second-order valence-corrected chi connectivity index (χ2v) is 6.76. The molecule has 0 radical (unpaired) electrons. The van der Waals surface area contributed by atoms with Gasteiger partial charge < -0.3 is 10.1 Å². The topological polar surface area (TPSA) is 55.4 Å². The van der Waals surface area contributed by atoms with E-state index in [9.17, 15) is 9.59 Å². The van der Waals surface area contributed by atoms with Gasteiger partial charge in [-0.15, -0.1) is 0 Å². The normalized spacial score (nSPS) is 11.4. The summed E-state index contributed by atoms with van der Waals surface area (Å²) < 4.78 is 4.64. The molecule has 2 aromatic carbocycles. The molecule has 2 rings (SSSR count). The molecule has 0 bridgehead atoms. The van der Waals surface area contributed by atoms with Gasteiger partial charge in [0.15, 0.2) is 0 Å². The zero-order chi connectivity index (χ0) is 18.4. The van der Waals surface area contributed by atoms with Crippen molar-refractivity contribution in [1.29, 1.82) is 0 Å². The molecule has 0 unspecified atom stereocenters. The number of methoxy groups -OCH3 is 1. The van der Waals surface area contributed by atoms with Crippen molar-refractivity contribution >= 4 is 23.6 Å². The summed E-state index contributed by atoms with van der Waals surface area (Å²) in [5.74, 6) is -0.637. The van der Waals surface area contributed by atoms with Gasteiger partial charge in [0.05, 0.1) is 12.7 Å². The fraction of sp³-hybridized carbons (Fsp3) is 0.238. The van der Waals surface area contributed by atoms with E-state index in [1.54, 1.807) is 30.3 Å². The Bertz CT molecular complexity index is 766. The molecule has 0 aliphatic rings. The van der Waals surface area contributed by atoms with Gasteiger partial charge in [-0.3, -0.25) is 4.79 Å². The Balaban J connectivity index is 1.97. The number of nitrogens with one attached hydrogen (secondary N) is 1. The van der Waals surface area contributed by atoms with Crippen LogP contribution in [0.4, 0.5) is 5.69 Å². The lowest BCUT2D eigenvalue weighted by Gasteiger charge is -2.18. The monoisotopic (exact) mass is 337 g/mol. The zero-order valence-corrected chi connectivity index (χ0v) is 15.0. The first-order chi connectivity index (χ1) is 11.8. The fourth-order valence-electron chi connectivity index (χ4n) is 2.26. The lowest BCUT2D eigenvalue weighted by Crippen LogP contribution is -2.10. The van der Waals surface area contributed by atoms with E-state index in [0.29, 0.717) is 11.3 Å². The molecule has 1 amide bonds. The molecule has 0 spiro atoms. The van der Waals surface area contributed by atoms with E-state index in [1.165, 1.54) is 18.7 Å². The number of benzene rings is 2. The maximum Gasteiger partial charge on any atom is 0.337 e. The minimum Gasteiger partial charge on any atom is -0.465 e. The van der Waals surface area contributed by atoms with Crippen molar-refractivity contribution in [2.75, 3.05) is 12.4 Å². The number of rotatable bonds is 4. The van der Waals surface area contributed by atoms with Gasteiger partial charge in [0.2, 0.25) is 5.91 Å². The van der Waals surface area contributed by atoms with E-state index in [4.69, 9.17) is 0 Å². The molecule has 0 heterocycles. The van der Waals surface area contributed by atoms with Crippen LogP contribution in [0.1, 0.15) is 42.3 Å². The Morgan fingerprint density at radius 2 is 1.56 bits per heavy atom. The van der Waals surface area contributed by atoms with Gasteiger partial charge in [-0.2, -0.15) is 0 Å². The van der Waals surface area contributed by atoms with Crippen molar-refractivity contribution in [3.63, 3.8) is 0 Å². The first-order valence-electron chi connectivity index (χ1n) is 8.07. The number of hydrogen-bond acceptors (Lipinski definition) is 3. The summed E-state index contributed by atoms with van der Waals surface area (Å²) in [4.78, 5) is 23.4. The summed E-state index contributed by atoms with van der Waals surface area (Å²) in [6.45, 7) is 6.49. The molecule has 130 valence electrons. The van der Waals surface area contributed by atoms with Crippen molar-refractivity contribution < 1.29 is 14.3 Å². The average molecular weight is 337 g/mol. The third kappa shape index (κ3) is 5.31. The summed E-state index contributed by atoms with van der Waals surface area (Å²) >= 11 is 0. The minimum absolute atomic E-state index is 0.107. The largest absolute Gasteiger partial charge is 0.465 e. The predicted octanol–water partition coefficient (Wildman–Crippen LogP) is 4.42. The SMILES string of the molecule is COC(=O)c1ccc(NC(=O)C=Cc2ccc(C(C)(C)C)cc2)cc1. The lowest BCUT2D eigenvalue weighted by molar-refractivity contribution is -0.111. The van der Waals surface area contributed by atoms with Crippen LogP contribution in [0.3, 0.4) is 0 Å². The molecule has 2 aromatic rings. The van der Waals surface area contributed by atoms with Crippen LogP contribution in [-0.4, -0.2) is 19.0 Å². The second-order valence-electron chi connectivity index (χ2n) is 6.76. The van der Waals surface area contributed by atoms with Crippen LogP contribution in [0.2, 0.25) is 0 Å². The third-order valence-corrected chi connectivity index (χ3v) is 3.78. The Kier molecular flexibility index (Phi) is 5.75. The van der Waals surface area contributed by atoms with Crippen LogP contribution in [0.25, 0.3) is 6.08 Å². The highest BCUT2D eigenvalue weighted by atomic mass is 16.5. The quantitative estimate of drug-likeness (QED) is 0.663. The zero-order valence-electron chi connectivity index (χ0n) is 15.0. The summed E-state index contributed by atoms with van der Waals surface area (Å²) in [5, 5.41) is 2.75. The van der Waals surface area contributed by atoms with Crippen LogP contribution < -0.4 is 5.32 Å². The third-order valence-electron chi connectivity index (χ3n) is 3.78. The second kappa shape index (κ2) is 7.79.